The lowest BCUT2D eigenvalue weighted by atomic mass is 9.64. The molecule has 0 aromatic heterocycles. The third-order valence-electron chi connectivity index (χ3n) is 11.0. The van der Waals surface area contributed by atoms with Gasteiger partial charge in [-0.25, -0.2) is 13.1 Å². The van der Waals surface area contributed by atoms with Crippen molar-refractivity contribution in [1.29, 1.82) is 0 Å². The lowest BCUT2D eigenvalue weighted by molar-refractivity contribution is -0.221. The number of fused-ring (bicyclic) bond motifs is 4. The van der Waals surface area contributed by atoms with Gasteiger partial charge in [-0.3, -0.25) is 4.79 Å². The molecule has 8 nitrogen and oxygen atoms in total. The normalized spacial score (nSPS) is 32.6. The molecule has 2 aliphatic carbocycles. The highest BCUT2D eigenvalue weighted by Crippen LogP contribution is 2.49. The quantitative estimate of drug-likeness (QED) is 0.366. The molecule has 0 radical (unpaired) electrons. The Morgan fingerprint density at radius 3 is 2.67 bits per heavy atom. The predicted octanol–water partition coefficient (Wildman–Crippen LogP) is 6.19. The van der Waals surface area contributed by atoms with Crippen molar-refractivity contribution in [2.75, 3.05) is 37.8 Å². The van der Waals surface area contributed by atoms with Crippen LogP contribution in [0.3, 0.4) is 0 Å². The van der Waals surface area contributed by atoms with Gasteiger partial charge < -0.3 is 19.5 Å². The van der Waals surface area contributed by atoms with Crippen molar-refractivity contribution >= 4 is 33.2 Å². The summed E-state index contributed by atoms with van der Waals surface area (Å²) in [5, 5.41) is 10.4. The molecule has 1 amide bonds. The molecule has 0 saturated heterocycles. The van der Waals surface area contributed by atoms with Gasteiger partial charge in [0.15, 0.2) is 0 Å². The monoisotopic (exact) mass is 710 g/mol. The van der Waals surface area contributed by atoms with E-state index in [0.29, 0.717) is 49.0 Å². The highest BCUT2D eigenvalue weighted by Gasteiger charge is 2.50. The Bertz CT molecular complexity index is 1690. The lowest BCUT2D eigenvalue weighted by Crippen LogP contribution is -2.55. The maximum Gasteiger partial charge on any atom is 0.411 e. The second kappa shape index (κ2) is 13.2. The molecule has 262 valence electrons. The molecule has 1 fully saturated rings. The van der Waals surface area contributed by atoms with E-state index in [2.05, 4.69) is 9.62 Å². The lowest BCUT2D eigenvalue weighted by Gasteiger charge is -2.50. The number of benzene rings is 2. The molecule has 2 aromatic rings. The standard InChI is InChI=1S/C35H42ClF3N2O6S/c1-22-5-3-14-34(19-42,47-21-35(37,38)39)29-10-7-26(29)17-41-18-33(13-4-6-24-15-27(36)9-11-28(24)33)20-46-31-12-8-25(16-30(31)41)32(43)40-48(44,45)23(22)2/h3,8-9,11-12,14-16,22-23,26,29,42H,4-7,10,13,17-21H2,1-2H3,(H,40,43)/b14-3+/t22-,23+,26-,29+,33-,34+/m0/s1. The van der Waals surface area contributed by atoms with Crippen molar-refractivity contribution in [1.82, 2.24) is 4.72 Å². The van der Waals surface area contributed by atoms with Gasteiger partial charge in [0.1, 0.15) is 18.0 Å². The molecule has 2 heterocycles. The molecule has 4 aliphatic rings. The number of hydrogen-bond acceptors (Lipinski definition) is 7. The number of amides is 1. The van der Waals surface area contributed by atoms with Gasteiger partial charge in [-0.15, -0.1) is 0 Å². The number of anilines is 1. The molecular formula is C35H42ClF3N2O6S. The summed E-state index contributed by atoms with van der Waals surface area (Å²) in [6.07, 6.45) is 2.50. The van der Waals surface area contributed by atoms with Crippen LogP contribution in [-0.2, 0) is 26.6 Å². The van der Waals surface area contributed by atoms with E-state index in [1.807, 2.05) is 18.2 Å². The molecule has 2 N–H and O–H groups in total. The molecule has 0 unspecified atom stereocenters. The molecule has 6 atom stereocenters. The highest BCUT2D eigenvalue weighted by molar-refractivity contribution is 7.90. The maximum absolute atomic E-state index is 13.5. The minimum atomic E-state index is -4.61. The zero-order valence-corrected chi connectivity index (χ0v) is 28.6. The number of sulfonamides is 1. The van der Waals surface area contributed by atoms with Gasteiger partial charge in [-0.05, 0) is 105 Å². The first kappa shape index (κ1) is 35.0. The summed E-state index contributed by atoms with van der Waals surface area (Å²) < 4.78 is 81.6. The van der Waals surface area contributed by atoms with Crippen molar-refractivity contribution in [2.24, 2.45) is 17.8 Å². The smallest absolute Gasteiger partial charge is 0.411 e. The van der Waals surface area contributed by atoms with E-state index in [9.17, 15) is 31.5 Å². The number of aliphatic hydroxyl groups excluding tert-OH is 1. The Morgan fingerprint density at radius 2 is 1.96 bits per heavy atom. The van der Waals surface area contributed by atoms with E-state index in [1.165, 1.54) is 13.0 Å². The van der Waals surface area contributed by atoms with Crippen molar-refractivity contribution < 1.29 is 41.0 Å². The van der Waals surface area contributed by atoms with Crippen molar-refractivity contribution in [3.63, 3.8) is 0 Å². The van der Waals surface area contributed by atoms with E-state index < -0.39 is 63.4 Å². The molecule has 2 bridgehead atoms. The predicted molar refractivity (Wildman–Crippen MR) is 177 cm³/mol. The van der Waals surface area contributed by atoms with E-state index in [0.717, 1.165) is 30.4 Å². The van der Waals surface area contributed by atoms with Crippen LogP contribution in [0.1, 0.15) is 67.4 Å². The van der Waals surface area contributed by atoms with Gasteiger partial charge >= 0.3 is 6.18 Å². The second-order valence-electron chi connectivity index (χ2n) is 14.0. The zero-order valence-electron chi connectivity index (χ0n) is 27.1. The van der Waals surface area contributed by atoms with Crippen molar-refractivity contribution in [2.45, 2.75) is 74.8 Å². The number of nitrogens with zero attached hydrogens (tertiary/aromatic N) is 1. The van der Waals surface area contributed by atoms with E-state index in [4.69, 9.17) is 21.1 Å². The Labute approximate surface area is 284 Å². The summed E-state index contributed by atoms with van der Waals surface area (Å²) in [7, 11) is -4.13. The Morgan fingerprint density at radius 1 is 1.17 bits per heavy atom. The van der Waals surface area contributed by atoms with Crippen molar-refractivity contribution in [3.8, 4) is 5.75 Å². The molecule has 1 spiro atoms. The van der Waals surface area contributed by atoms with Crippen LogP contribution in [-0.4, -0.2) is 69.4 Å². The van der Waals surface area contributed by atoms with Crippen molar-refractivity contribution in [3.05, 3.63) is 70.3 Å². The average molecular weight is 711 g/mol. The van der Waals surface area contributed by atoms with Crippen LogP contribution < -0.4 is 14.4 Å². The SMILES string of the molecule is C[C@@H]1[C@@H](C)C/C=C/[C@](CO)(OCC(F)(F)F)[C@@H]2CC[C@H]2CN2C[C@@]3(CCCc4cc(Cl)ccc43)COc3ccc(cc32)C(=O)NS1(=O)=O. The molecule has 6 rings (SSSR count). The summed E-state index contributed by atoms with van der Waals surface area (Å²) in [6.45, 7) is 2.22. The van der Waals surface area contributed by atoms with Gasteiger partial charge in [-0.1, -0.05) is 36.7 Å². The van der Waals surface area contributed by atoms with Gasteiger partial charge in [0.05, 0.1) is 24.2 Å². The van der Waals surface area contributed by atoms with Crippen LogP contribution in [0.15, 0.2) is 48.6 Å². The first-order valence-electron chi connectivity index (χ1n) is 16.5. The number of aryl methyl sites for hydroxylation is 1. The largest absolute Gasteiger partial charge is 0.490 e. The average Bonchev–Trinajstić information content (AvgIpc) is 3.17. The number of nitrogens with one attached hydrogen (secondary N) is 1. The molecule has 13 heteroatoms. The highest BCUT2D eigenvalue weighted by atomic mass is 35.5. The number of carbonyl (C=O) groups is 1. The van der Waals surface area contributed by atoms with Crippen LogP contribution >= 0.6 is 11.6 Å². The number of aliphatic hydroxyl groups is 1. The van der Waals surface area contributed by atoms with Gasteiger partial charge in [0.2, 0.25) is 10.0 Å². The number of allylic oxidation sites excluding steroid dienone is 1. The number of carbonyl (C=O) groups excluding carboxylic acids is 1. The molecule has 1 saturated carbocycles. The van der Waals surface area contributed by atoms with Gasteiger partial charge in [-0.2, -0.15) is 13.2 Å². The summed E-state index contributed by atoms with van der Waals surface area (Å²) >= 11 is 6.38. The van der Waals surface area contributed by atoms with Gasteiger partial charge in [0, 0.05) is 29.1 Å². The molecular weight excluding hydrogens is 669 g/mol. The minimum Gasteiger partial charge on any atom is -0.490 e. The van der Waals surface area contributed by atoms with E-state index >= 15 is 0 Å². The summed E-state index contributed by atoms with van der Waals surface area (Å²) in [5.74, 6) is -1.34. The topological polar surface area (TPSA) is 105 Å². The van der Waals surface area contributed by atoms with E-state index in [1.54, 1.807) is 31.2 Å². The maximum atomic E-state index is 13.5. The zero-order chi connectivity index (χ0) is 34.5. The van der Waals surface area contributed by atoms with E-state index in [-0.39, 0.29) is 17.9 Å². The summed E-state index contributed by atoms with van der Waals surface area (Å²) in [4.78, 5) is 15.6. The fourth-order valence-corrected chi connectivity index (χ4v) is 9.42. The molecule has 48 heavy (non-hydrogen) atoms. The molecule has 2 aliphatic heterocycles. The first-order valence-corrected chi connectivity index (χ1v) is 18.4. The minimum absolute atomic E-state index is 0.146. The molecule has 2 aromatic carbocycles. The Kier molecular flexibility index (Phi) is 9.60. The van der Waals surface area contributed by atoms with Crippen LogP contribution in [0.5, 0.6) is 5.75 Å². The van der Waals surface area contributed by atoms with Crippen LogP contribution in [0.4, 0.5) is 18.9 Å². The first-order chi connectivity index (χ1) is 22.7. The van der Waals surface area contributed by atoms with Crippen LogP contribution in [0.2, 0.25) is 5.02 Å². The number of halogens is 4. The Hall–Kier alpha value is -2.80. The number of rotatable bonds is 3. The number of hydrogen-bond donors (Lipinski definition) is 2. The van der Waals surface area contributed by atoms with Gasteiger partial charge in [0.25, 0.3) is 5.91 Å². The number of ether oxygens (including phenoxy) is 2. The number of alkyl halides is 3. The third kappa shape index (κ3) is 6.82. The Balaban J connectivity index is 1.46. The summed E-state index contributed by atoms with van der Waals surface area (Å²) in [5.41, 5.74) is 0.931. The van der Waals surface area contributed by atoms with Crippen LogP contribution in [0, 0.1) is 17.8 Å². The van der Waals surface area contributed by atoms with Crippen LogP contribution in [0.25, 0.3) is 0 Å². The fourth-order valence-electron chi connectivity index (χ4n) is 7.94. The fraction of sp³-hybridized carbons (Fsp3) is 0.571. The third-order valence-corrected chi connectivity index (χ3v) is 13.1. The summed E-state index contributed by atoms with van der Waals surface area (Å²) in [6, 6.07) is 10.7. The second-order valence-corrected chi connectivity index (χ2v) is 16.5.